The molecule has 3 heteroatoms. The maximum Gasteiger partial charge on any atom is 0.0499 e. The van der Waals surface area contributed by atoms with Gasteiger partial charge in [0.05, 0.1) is 0 Å². The van der Waals surface area contributed by atoms with Gasteiger partial charge in [0.2, 0.25) is 0 Å². The third kappa shape index (κ3) is 2.16. The van der Waals surface area contributed by atoms with Crippen LogP contribution >= 0.6 is 23.2 Å². The van der Waals surface area contributed by atoms with Gasteiger partial charge in [-0.1, -0.05) is 40.9 Å². The Balaban J connectivity index is 2.62. The summed E-state index contributed by atoms with van der Waals surface area (Å²) in [6, 6.07) is 11.3. The van der Waals surface area contributed by atoms with E-state index in [1.165, 1.54) is 0 Å². The number of benzene rings is 2. The minimum atomic E-state index is 0.616. The normalized spacial score (nSPS) is 10.4. The molecule has 0 radical (unpaired) electrons. The monoisotopic (exact) mass is 251 g/mol. The van der Waals surface area contributed by atoms with Crippen molar-refractivity contribution in [1.82, 2.24) is 0 Å². The minimum absolute atomic E-state index is 0.616. The number of rotatable bonds is 1. The van der Waals surface area contributed by atoms with Crippen LogP contribution in [0.4, 0.5) is 5.69 Å². The van der Waals surface area contributed by atoms with Gasteiger partial charge in [0, 0.05) is 26.9 Å². The van der Waals surface area contributed by atoms with Crippen molar-refractivity contribution >= 4 is 28.9 Å². The van der Waals surface area contributed by atoms with Gasteiger partial charge < -0.3 is 5.73 Å². The summed E-state index contributed by atoms with van der Waals surface area (Å²) in [5, 5.41) is 1.24. The Morgan fingerprint density at radius 3 is 2.38 bits per heavy atom. The fourth-order valence-electron chi connectivity index (χ4n) is 1.61. The molecule has 1 nitrogen and oxygen atoms in total. The highest BCUT2D eigenvalue weighted by atomic mass is 35.5. The van der Waals surface area contributed by atoms with E-state index in [-0.39, 0.29) is 0 Å². The molecule has 0 amide bonds. The molecule has 2 N–H and O–H groups in total. The number of anilines is 1. The Labute approximate surface area is 105 Å². The first-order valence-corrected chi connectivity index (χ1v) is 5.65. The number of hydrogen-bond acceptors (Lipinski definition) is 1. The van der Waals surface area contributed by atoms with Crippen LogP contribution in [0, 0.1) is 6.92 Å². The van der Waals surface area contributed by atoms with Crippen molar-refractivity contribution in [3.8, 4) is 11.1 Å². The fraction of sp³-hybridized carbons (Fsp3) is 0.0769. The Kier molecular flexibility index (Phi) is 3.08. The van der Waals surface area contributed by atoms with Crippen molar-refractivity contribution in [3.05, 3.63) is 52.0 Å². The molecular weight excluding hydrogens is 241 g/mol. The van der Waals surface area contributed by atoms with E-state index in [1.807, 2.05) is 37.3 Å². The quantitative estimate of drug-likeness (QED) is 0.740. The van der Waals surface area contributed by atoms with E-state index in [9.17, 15) is 0 Å². The summed E-state index contributed by atoms with van der Waals surface area (Å²) >= 11 is 12.0. The minimum Gasteiger partial charge on any atom is -0.398 e. The Hall–Kier alpha value is -1.18. The van der Waals surface area contributed by atoms with E-state index >= 15 is 0 Å². The molecule has 2 aromatic rings. The molecule has 0 aromatic heterocycles. The summed E-state index contributed by atoms with van der Waals surface area (Å²) in [6.45, 7) is 2.02. The first-order chi connectivity index (χ1) is 7.58. The van der Waals surface area contributed by atoms with Crippen LogP contribution in [0.5, 0.6) is 0 Å². The Bertz CT molecular complexity index is 535. The second-order valence-electron chi connectivity index (χ2n) is 3.71. The van der Waals surface area contributed by atoms with Crippen LogP contribution < -0.4 is 5.73 Å². The zero-order chi connectivity index (χ0) is 11.7. The first-order valence-electron chi connectivity index (χ1n) is 4.89. The summed E-state index contributed by atoms with van der Waals surface area (Å²) in [4.78, 5) is 0. The van der Waals surface area contributed by atoms with Gasteiger partial charge in [0.25, 0.3) is 0 Å². The molecule has 16 heavy (non-hydrogen) atoms. The van der Waals surface area contributed by atoms with Gasteiger partial charge in [-0.2, -0.15) is 0 Å². The highest BCUT2D eigenvalue weighted by molar-refractivity contribution is 6.36. The summed E-state index contributed by atoms with van der Waals surface area (Å²) in [5.41, 5.74) is 9.66. The summed E-state index contributed by atoms with van der Waals surface area (Å²) < 4.78 is 0. The van der Waals surface area contributed by atoms with Gasteiger partial charge in [-0.15, -0.1) is 0 Å². The van der Waals surface area contributed by atoms with E-state index in [0.717, 1.165) is 22.4 Å². The molecule has 2 aromatic carbocycles. The molecule has 0 aliphatic rings. The lowest BCUT2D eigenvalue weighted by atomic mass is 10.0. The predicted molar refractivity (Wildman–Crippen MR) is 71.0 cm³/mol. The number of nitrogen functional groups attached to an aromatic ring is 1. The lowest BCUT2D eigenvalue weighted by molar-refractivity contribution is 1.47. The van der Waals surface area contributed by atoms with Gasteiger partial charge in [-0.3, -0.25) is 0 Å². The molecule has 0 aliphatic heterocycles. The number of halogens is 2. The molecule has 0 aliphatic carbocycles. The Morgan fingerprint density at radius 2 is 1.69 bits per heavy atom. The summed E-state index contributed by atoms with van der Waals surface area (Å²) in [7, 11) is 0. The van der Waals surface area contributed by atoms with E-state index < -0.39 is 0 Å². The average Bonchev–Trinajstić information content (AvgIpc) is 2.22. The van der Waals surface area contributed by atoms with Gasteiger partial charge in [-0.25, -0.2) is 0 Å². The smallest absolute Gasteiger partial charge is 0.0499 e. The van der Waals surface area contributed by atoms with Crippen molar-refractivity contribution in [3.63, 3.8) is 0 Å². The zero-order valence-corrected chi connectivity index (χ0v) is 10.3. The average molecular weight is 252 g/mol. The molecule has 0 saturated carbocycles. The second-order valence-corrected chi connectivity index (χ2v) is 4.56. The number of aryl methyl sites for hydroxylation is 1. The molecule has 0 unspecified atom stereocenters. The van der Waals surface area contributed by atoms with Crippen LogP contribution in [0.3, 0.4) is 0 Å². The highest BCUT2D eigenvalue weighted by Gasteiger charge is 2.07. The van der Waals surface area contributed by atoms with Gasteiger partial charge in [0.15, 0.2) is 0 Å². The van der Waals surface area contributed by atoms with Crippen LogP contribution in [0.25, 0.3) is 11.1 Å². The number of hydrogen-bond donors (Lipinski definition) is 1. The molecule has 0 heterocycles. The van der Waals surface area contributed by atoms with Crippen LogP contribution in [0.1, 0.15) is 5.56 Å². The molecule has 0 saturated heterocycles. The molecule has 0 fully saturated rings. The fourth-order valence-corrected chi connectivity index (χ4v) is 2.12. The SMILES string of the molecule is Cc1ccc(N)c(-c2ccc(Cl)cc2Cl)c1. The van der Waals surface area contributed by atoms with Crippen molar-refractivity contribution < 1.29 is 0 Å². The maximum absolute atomic E-state index is 6.15. The lowest BCUT2D eigenvalue weighted by Gasteiger charge is -2.09. The van der Waals surface area contributed by atoms with Gasteiger partial charge >= 0.3 is 0 Å². The topological polar surface area (TPSA) is 26.0 Å². The van der Waals surface area contributed by atoms with Gasteiger partial charge in [0.1, 0.15) is 0 Å². The summed E-state index contributed by atoms with van der Waals surface area (Å²) in [6.07, 6.45) is 0. The molecule has 82 valence electrons. The van der Waals surface area contributed by atoms with Crippen LogP contribution in [-0.4, -0.2) is 0 Å². The standard InChI is InChI=1S/C13H11Cl2N/c1-8-2-5-13(16)11(6-8)10-4-3-9(14)7-12(10)15/h2-7H,16H2,1H3. The number of nitrogens with two attached hydrogens (primary N) is 1. The lowest BCUT2D eigenvalue weighted by Crippen LogP contribution is -1.91. The molecule has 0 bridgehead atoms. The third-order valence-electron chi connectivity index (χ3n) is 2.43. The first kappa shape index (κ1) is 11.3. The van der Waals surface area contributed by atoms with Gasteiger partial charge in [-0.05, 0) is 31.2 Å². The van der Waals surface area contributed by atoms with E-state index in [2.05, 4.69) is 0 Å². The molecular formula is C13H11Cl2N. The van der Waals surface area contributed by atoms with E-state index in [4.69, 9.17) is 28.9 Å². The molecule has 0 atom stereocenters. The third-order valence-corrected chi connectivity index (χ3v) is 2.98. The van der Waals surface area contributed by atoms with E-state index in [0.29, 0.717) is 10.0 Å². The zero-order valence-electron chi connectivity index (χ0n) is 8.80. The van der Waals surface area contributed by atoms with Crippen molar-refractivity contribution in [2.75, 3.05) is 5.73 Å². The second kappa shape index (κ2) is 4.36. The van der Waals surface area contributed by atoms with Crippen molar-refractivity contribution in [2.24, 2.45) is 0 Å². The largest absolute Gasteiger partial charge is 0.398 e. The van der Waals surface area contributed by atoms with Crippen molar-refractivity contribution in [2.45, 2.75) is 6.92 Å². The predicted octanol–water partition coefficient (Wildman–Crippen LogP) is 4.55. The maximum atomic E-state index is 6.15. The highest BCUT2D eigenvalue weighted by Crippen LogP contribution is 2.34. The Morgan fingerprint density at radius 1 is 0.938 bits per heavy atom. The molecule has 2 rings (SSSR count). The van der Waals surface area contributed by atoms with Crippen LogP contribution in [0.2, 0.25) is 10.0 Å². The summed E-state index contributed by atoms with van der Waals surface area (Å²) in [5.74, 6) is 0. The van der Waals surface area contributed by atoms with E-state index in [1.54, 1.807) is 6.07 Å². The molecule has 0 spiro atoms. The van der Waals surface area contributed by atoms with Crippen LogP contribution in [-0.2, 0) is 0 Å². The van der Waals surface area contributed by atoms with Crippen LogP contribution in [0.15, 0.2) is 36.4 Å². The van der Waals surface area contributed by atoms with Crippen molar-refractivity contribution in [1.29, 1.82) is 0 Å².